The Hall–Kier alpha value is -2.02. The van der Waals surface area contributed by atoms with E-state index in [4.69, 9.17) is 4.74 Å². The van der Waals surface area contributed by atoms with Gasteiger partial charge < -0.3 is 4.74 Å². The molecule has 4 nitrogen and oxygen atoms in total. The number of rotatable bonds is 7. The summed E-state index contributed by atoms with van der Waals surface area (Å²) >= 11 is 0. The molecular formula is C21H25F2N3O. The molecule has 2 saturated heterocycles. The van der Waals surface area contributed by atoms with Crippen LogP contribution in [0.1, 0.15) is 24.4 Å². The van der Waals surface area contributed by atoms with E-state index in [1.807, 2.05) is 6.07 Å². The SMILES string of the molecule is Fc1cc(F)cc(OCCN2CCC(NN3C[C@H]3c3ccccc3)CC2)c1. The number of hydrogen-bond acceptors (Lipinski definition) is 4. The molecule has 1 N–H and O–H groups in total. The average molecular weight is 373 g/mol. The van der Waals surface area contributed by atoms with Gasteiger partial charge in [-0.3, -0.25) is 10.3 Å². The predicted octanol–water partition coefficient (Wildman–Crippen LogP) is 3.37. The Morgan fingerprint density at radius 3 is 2.41 bits per heavy atom. The summed E-state index contributed by atoms with van der Waals surface area (Å²) in [4.78, 5) is 2.34. The minimum absolute atomic E-state index is 0.248. The largest absolute Gasteiger partial charge is 0.492 e. The highest BCUT2D eigenvalue weighted by Gasteiger charge is 2.37. The van der Waals surface area contributed by atoms with Gasteiger partial charge in [-0.15, -0.1) is 0 Å². The minimum Gasteiger partial charge on any atom is -0.492 e. The van der Waals surface area contributed by atoms with E-state index in [1.165, 1.54) is 17.7 Å². The first-order chi connectivity index (χ1) is 13.2. The first-order valence-corrected chi connectivity index (χ1v) is 9.56. The van der Waals surface area contributed by atoms with Gasteiger partial charge in [-0.25, -0.2) is 13.8 Å². The quantitative estimate of drug-likeness (QED) is 0.753. The molecule has 0 amide bonds. The molecule has 0 bridgehead atoms. The topological polar surface area (TPSA) is 27.5 Å². The zero-order valence-electron chi connectivity index (χ0n) is 15.3. The second-order valence-corrected chi connectivity index (χ2v) is 7.28. The summed E-state index contributed by atoms with van der Waals surface area (Å²) in [7, 11) is 0. The maximum atomic E-state index is 13.2. The first kappa shape index (κ1) is 18.3. The molecule has 0 saturated carbocycles. The Morgan fingerprint density at radius 2 is 1.70 bits per heavy atom. The maximum Gasteiger partial charge on any atom is 0.129 e. The molecule has 6 heteroatoms. The van der Waals surface area contributed by atoms with E-state index in [9.17, 15) is 8.78 Å². The number of benzene rings is 2. The normalized spacial score (nSPS) is 23.3. The van der Waals surface area contributed by atoms with Crippen molar-refractivity contribution in [3.05, 3.63) is 65.7 Å². The molecule has 4 rings (SSSR count). The van der Waals surface area contributed by atoms with Crippen LogP contribution in [0.5, 0.6) is 5.75 Å². The van der Waals surface area contributed by atoms with Crippen LogP contribution in [0.2, 0.25) is 0 Å². The molecule has 0 aliphatic carbocycles. The lowest BCUT2D eigenvalue weighted by Gasteiger charge is -2.32. The molecular weight excluding hydrogens is 348 g/mol. The molecule has 0 aromatic heterocycles. The van der Waals surface area contributed by atoms with Crippen molar-refractivity contribution in [3.63, 3.8) is 0 Å². The van der Waals surface area contributed by atoms with E-state index in [0.717, 1.165) is 45.1 Å². The second-order valence-electron chi connectivity index (χ2n) is 7.28. The molecule has 1 unspecified atom stereocenters. The van der Waals surface area contributed by atoms with Crippen molar-refractivity contribution in [2.45, 2.75) is 24.9 Å². The summed E-state index contributed by atoms with van der Waals surface area (Å²) in [6, 6.07) is 14.9. The summed E-state index contributed by atoms with van der Waals surface area (Å²) in [5.74, 6) is -0.973. The van der Waals surface area contributed by atoms with Crippen molar-refractivity contribution >= 4 is 0 Å². The number of halogens is 2. The van der Waals surface area contributed by atoms with Crippen molar-refractivity contribution in [3.8, 4) is 5.75 Å². The van der Waals surface area contributed by atoms with Gasteiger partial charge in [0.25, 0.3) is 0 Å². The fourth-order valence-electron chi connectivity index (χ4n) is 3.67. The highest BCUT2D eigenvalue weighted by molar-refractivity contribution is 5.24. The van der Waals surface area contributed by atoms with E-state index in [-0.39, 0.29) is 5.75 Å². The predicted molar refractivity (Wildman–Crippen MR) is 100 cm³/mol. The van der Waals surface area contributed by atoms with Crippen LogP contribution in [0.25, 0.3) is 0 Å². The smallest absolute Gasteiger partial charge is 0.129 e. The third-order valence-corrected chi connectivity index (χ3v) is 5.24. The number of piperidine rings is 1. The van der Waals surface area contributed by atoms with Crippen molar-refractivity contribution in [1.82, 2.24) is 15.3 Å². The number of hydrogen-bond donors (Lipinski definition) is 1. The van der Waals surface area contributed by atoms with Crippen LogP contribution in [0.4, 0.5) is 8.78 Å². The standard InChI is InChI=1S/C21H25F2N3O/c22-17-12-18(23)14-20(13-17)27-11-10-25-8-6-19(7-9-25)24-26-15-21(26)16-4-2-1-3-5-16/h1-5,12-14,19,21,24H,6-11,15H2/t21-,26?/m0/s1. The summed E-state index contributed by atoms with van der Waals surface area (Å²) < 4.78 is 31.8. The number of hydrazine groups is 1. The van der Waals surface area contributed by atoms with Gasteiger partial charge in [-0.1, -0.05) is 30.3 Å². The lowest BCUT2D eigenvalue weighted by Crippen LogP contribution is -2.45. The molecule has 2 aromatic carbocycles. The van der Waals surface area contributed by atoms with Gasteiger partial charge in [0.1, 0.15) is 24.0 Å². The summed E-state index contributed by atoms with van der Waals surface area (Å²) in [6.07, 6.45) is 2.18. The zero-order chi connectivity index (χ0) is 18.6. The van der Waals surface area contributed by atoms with E-state index in [1.54, 1.807) is 0 Å². The molecule has 2 heterocycles. The molecule has 144 valence electrons. The summed E-state index contributed by atoms with van der Waals surface area (Å²) in [5.41, 5.74) is 5.02. The summed E-state index contributed by atoms with van der Waals surface area (Å²) in [6.45, 7) is 4.28. The van der Waals surface area contributed by atoms with Gasteiger partial charge in [0.2, 0.25) is 0 Å². The van der Waals surface area contributed by atoms with Crippen LogP contribution in [0, 0.1) is 11.6 Å². The number of likely N-dealkylation sites (tertiary alicyclic amines) is 1. The van der Waals surface area contributed by atoms with E-state index >= 15 is 0 Å². The van der Waals surface area contributed by atoms with Crippen molar-refractivity contribution < 1.29 is 13.5 Å². The van der Waals surface area contributed by atoms with Gasteiger partial charge in [0, 0.05) is 37.3 Å². The molecule has 0 radical (unpaired) electrons. The average Bonchev–Trinajstić information content (AvgIpc) is 3.42. The van der Waals surface area contributed by atoms with Crippen LogP contribution in [0.3, 0.4) is 0 Å². The number of nitrogens with one attached hydrogen (secondary N) is 1. The van der Waals surface area contributed by atoms with Crippen LogP contribution >= 0.6 is 0 Å². The monoisotopic (exact) mass is 373 g/mol. The van der Waals surface area contributed by atoms with Crippen molar-refractivity contribution in [1.29, 1.82) is 0 Å². The molecule has 2 aliphatic rings. The van der Waals surface area contributed by atoms with Crippen LogP contribution < -0.4 is 10.2 Å². The van der Waals surface area contributed by atoms with E-state index in [2.05, 4.69) is 39.6 Å². The fourth-order valence-corrected chi connectivity index (χ4v) is 3.67. The Morgan fingerprint density at radius 1 is 1.00 bits per heavy atom. The second kappa shape index (κ2) is 8.33. The third-order valence-electron chi connectivity index (χ3n) is 5.24. The first-order valence-electron chi connectivity index (χ1n) is 9.56. The molecule has 0 spiro atoms. The van der Waals surface area contributed by atoms with Crippen molar-refractivity contribution in [2.75, 3.05) is 32.8 Å². The highest BCUT2D eigenvalue weighted by atomic mass is 19.1. The number of nitrogens with zero attached hydrogens (tertiary/aromatic N) is 2. The van der Waals surface area contributed by atoms with Gasteiger partial charge >= 0.3 is 0 Å². The van der Waals surface area contributed by atoms with Gasteiger partial charge in [-0.05, 0) is 31.5 Å². The lowest BCUT2D eigenvalue weighted by atomic mass is 10.1. The highest BCUT2D eigenvalue weighted by Crippen LogP contribution is 2.33. The summed E-state index contributed by atoms with van der Waals surface area (Å²) in [5, 5.41) is 2.32. The molecule has 27 heavy (non-hydrogen) atoms. The van der Waals surface area contributed by atoms with Crippen molar-refractivity contribution in [2.24, 2.45) is 0 Å². The Kier molecular flexibility index (Phi) is 5.66. The zero-order valence-corrected chi connectivity index (χ0v) is 15.3. The fraction of sp³-hybridized carbons (Fsp3) is 0.429. The van der Waals surface area contributed by atoms with Gasteiger partial charge in [0.05, 0.1) is 6.04 Å². The van der Waals surface area contributed by atoms with Gasteiger partial charge in [0.15, 0.2) is 0 Å². The Bertz CT molecular complexity index is 730. The Balaban J connectivity index is 1.15. The van der Waals surface area contributed by atoms with E-state index < -0.39 is 11.6 Å². The number of ether oxygens (including phenoxy) is 1. The molecule has 2 atom stereocenters. The van der Waals surface area contributed by atoms with Crippen LogP contribution in [-0.4, -0.2) is 48.7 Å². The lowest BCUT2D eigenvalue weighted by molar-refractivity contribution is 0.145. The van der Waals surface area contributed by atoms with Gasteiger partial charge in [-0.2, -0.15) is 0 Å². The molecule has 2 aromatic rings. The van der Waals surface area contributed by atoms with Crippen LogP contribution in [0.15, 0.2) is 48.5 Å². The Labute approximate surface area is 158 Å². The van der Waals surface area contributed by atoms with E-state index in [0.29, 0.717) is 18.7 Å². The molecule has 2 aliphatic heterocycles. The molecule has 2 fully saturated rings. The third kappa shape index (κ3) is 5.03. The minimum atomic E-state index is -0.610. The maximum absolute atomic E-state index is 13.2. The van der Waals surface area contributed by atoms with Crippen LogP contribution in [-0.2, 0) is 0 Å².